The quantitative estimate of drug-likeness (QED) is 0.425. The lowest BCUT2D eigenvalue weighted by molar-refractivity contribution is -0.136. The van der Waals surface area contributed by atoms with Gasteiger partial charge < -0.3 is 4.74 Å². The fraction of sp³-hybridized carbons (Fsp3) is 0.625. The van der Waals surface area contributed by atoms with Crippen LogP contribution in [0.3, 0.4) is 0 Å². The van der Waals surface area contributed by atoms with E-state index >= 15 is 0 Å². The molecule has 0 amide bonds. The third-order valence-electron chi connectivity index (χ3n) is 1.15. The highest BCUT2D eigenvalue weighted by Crippen LogP contribution is 2.41. The molecule has 0 radical (unpaired) electrons. The summed E-state index contributed by atoms with van der Waals surface area (Å²) in [6.45, 7) is 4.84. The zero-order valence-electron chi connectivity index (χ0n) is 8.92. The van der Waals surface area contributed by atoms with Crippen LogP contribution < -0.4 is 0 Å². The molecule has 0 aliphatic rings. The van der Waals surface area contributed by atoms with Gasteiger partial charge in [-0.2, -0.15) is 13.2 Å². The first-order chi connectivity index (χ1) is 6.56. The van der Waals surface area contributed by atoms with Gasteiger partial charge in [0.2, 0.25) is 0 Å². The molecule has 0 atom stereocenters. The second kappa shape index (κ2) is 4.84. The molecule has 7 heteroatoms. The predicted octanol–water partition coefficient (Wildman–Crippen LogP) is 2.70. The minimum atomic E-state index is -4.62. The number of hydrogen-bond donors (Lipinski definition) is 0. The highest BCUT2D eigenvalue weighted by atomic mass is 31.2. The molecule has 0 saturated carbocycles. The average molecular weight is 243 g/mol. The van der Waals surface area contributed by atoms with Crippen LogP contribution in [-0.2, 0) is 9.53 Å². The molecule has 0 aliphatic heterocycles. The molecule has 15 heavy (non-hydrogen) atoms. The molecule has 0 aliphatic carbocycles. The predicted molar refractivity (Wildman–Crippen MR) is 53.3 cm³/mol. The number of esters is 1. The van der Waals surface area contributed by atoms with E-state index in [2.05, 4.69) is 9.48 Å². The smallest absolute Gasteiger partial charge is 0.433 e. The maximum absolute atomic E-state index is 12.4. The van der Waals surface area contributed by atoms with Crippen molar-refractivity contribution in [3.05, 3.63) is 11.8 Å². The monoisotopic (exact) mass is 243 g/mol. The van der Waals surface area contributed by atoms with E-state index in [9.17, 15) is 18.0 Å². The molecule has 0 unspecified atom stereocenters. The molecule has 0 saturated heterocycles. The van der Waals surface area contributed by atoms with Crippen molar-refractivity contribution in [2.45, 2.75) is 6.18 Å². The molecule has 0 aromatic heterocycles. The molecule has 0 rings (SSSR count). The highest BCUT2D eigenvalue weighted by Gasteiger charge is 2.35. The van der Waals surface area contributed by atoms with Crippen molar-refractivity contribution in [2.24, 2.45) is 4.74 Å². The average Bonchev–Trinajstić information content (AvgIpc) is 1.98. The number of carbonyl (C=O) groups is 1. The molecule has 0 aromatic rings. The number of alkyl halides is 3. The van der Waals surface area contributed by atoms with Crippen LogP contribution in [-0.4, -0.2) is 39.2 Å². The van der Waals surface area contributed by atoms with Gasteiger partial charge in [0.05, 0.1) is 13.2 Å². The van der Waals surface area contributed by atoms with Crippen molar-refractivity contribution < 1.29 is 22.7 Å². The Kier molecular flexibility index (Phi) is 4.59. The van der Waals surface area contributed by atoms with E-state index < -0.39 is 24.9 Å². The van der Waals surface area contributed by atoms with Crippen LogP contribution in [0.1, 0.15) is 0 Å². The SMILES string of the molecule is COC(=O)/C=C(\N=P(C)(C)C)C(F)(F)F. The summed E-state index contributed by atoms with van der Waals surface area (Å²) in [5.74, 6) is -1.06. The third-order valence-corrected chi connectivity index (χ3v) is 1.97. The fourth-order valence-electron chi connectivity index (χ4n) is 0.661. The molecular weight excluding hydrogens is 230 g/mol. The van der Waals surface area contributed by atoms with Crippen molar-refractivity contribution >= 4 is 13.0 Å². The number of methoxy groups -OCH3 is 1. The molecular formula is C8H13F3NO2P. The zero-order valence-corrected chi connectivity index (χ0v) is 9.82. The number of carbonyl (C=O) groups excluding carboxylic acids is 1. The van der Waals surface area contributed by atoms with Gasteiger partial charge in [-0.25, -0.2) is 4.79 Å². The Morgan fingerprint density at radius 2 is 1.80 bits per heavy atom. The summed E-state index contributed by atoms with van der Waals surface area (Å²) in [5.41, 5.74) is -1.19. The highest BCUT2D eigenvalue weighted by molar-refractivity contribution is 7.64. The van der Waals surface area contributed by atoms with Gasteiger partial charge >= 0.3 is 12.1 Å². The number of ether oxygens (including phenoxy) is 1. The van der Waals surface area contributed by atoms with E-state index in [1.807, 2.05) is 0 Å². The lowest BCUT2D eigenvalue weighted by Gasteiger charge is -2.11. The van der Waals surface area contributed by atoms with Gasteiger partial charge in [0.15, 0.2) is 0 Å². The Labute approximate surface area is 86.4 Å². The van der Waals surface area contributed by atoms with Crippen LogP contribution in [0.25, 0.3) is 0 Å². The van der Waals surface area contributed by atoms with Gasteiger partial charge in [-0.15, -0.1) is 0 Å². The number of nitrogens with zero attached hydrogens (tertiary/aromatic N) is 1. The second-order valence-corrected chi connectivity index (χ2v) is 7.68. The Morgan fingerprint density at radius 3 is 2.07 bits per heavy atom. The van der Waals surface area contributed by atoms with Gasteiger partial charge in [-0.1, -0.05) is 0 Å². The molecule has 88 valence electrons. The summed E-state index contributed by atoms with van der Waals surface area (Å²) >= 11 is 0. The number of rotatable bonds is 2. The number of halogens is 3. The van der Waals surface area contributed by atoms with Crippen molar-refractivity contribution in [1.82, 2.24) is 0 Å². The van der Waals surface area contributed by atoms with E-state index in [1.165, 1.54) is 0 Å². The Balaban J connectivity index is 5.29. The normalized spacial score (nSPS) is 13.7. The lowest BCUT2D eigenvalue weighted by atomic mass is 10.4. The van der Waals surface area contributed by atoms with Gasteiger partial charge in [0.25, 0.3) is 0 Å². The summed E-state index contributed by atoms with van der Waals surface area (Å²) in [5, 5.41) is 0. The van der Waals surface area contributed by atoms with Crippen LogP contribution in [0, 0.1) is 0 Å². The van der Waals surface area contributed by atoms with Gasteiger partial charge in [0, 0.05) is 0 Å². The Hall–Kier alpha value is -0.770. The standard InChI is InChI=1S/C8H13F3NO2P/c1-14-7(13)5-6(8(9,10)11)12-15(2,3)4/h5H,1-4H3/b6-5-. The minimum absolute atomic E-state index is 0.366. The first-order valence-corrected chi connectivity index (χ1v) is 7.06. The number of allylic oxidation sites excluding steroid dienone is 1. The molecule has 0 heterocycles. The van der Waals surface area contributed by atoms with Crippen LogP contribution in [0.2, 0.25) is 0 Å². The largest absolute Gasteiger partial charge is 0.466 e. The van der Waals surface area contributed by atoms with E-state index in [0.717, 1.165) is 7.11 Å². The Morgan fingerprint density at radius 1 is 1.33 bits per heavy atom. The maximum Gasteiger partial charge on any atom is 0.433 e. The summed E-state index contributed by atoms with van der Waals surface area (Å²) in [6.07, 6.45) is -4.26. The number of hydrogen-bond acceptors (Lipinski definition) is 3. The molecule has 0 bridgehead atoms. The van der Waals surface area contributed by atoms with Gasteiger partial charge in [0.1, 0.15) is 5.70 Å². The van der Waals surface area contributed by atoms with Crippen LogP contribution in [0.15, 0.2) is 16.5 Å². The summed E-state index contributed by atoms with van der Waals surface area (Å²) in [7, 11) is -0.993. The van der Waals surface area contributed by atoms with Crippen molar-refractivity contribution in [3.8, 4) is 0 Å². The minimum Gasteiger partial charge on any atom is -0.466 e. The second-order valence-electron chi connectivity index (χ2n) is 3.59. The topological polar surface area (TPSA) is 38.7 Å². The third kappa shape index (κ3) is 6.33. The van der Waals surface area contributed by atoms with Crippen molar-refractivity contribution in [2.75, 3.05) is 27.1 Å². The summed E-state index contributed by atoms with van der Waals surface area (Å²) in [4.78, 5) is 10.7. The molecule has 0 spiro atoms. The molecule has 0 N–H and O–H groups in total. The molecule has 0 fully saturated rings. The first kappa shape index (κ1) is 14.2. The fourth-order valence-corrected chi connectivity index (χ4v) is 1.48. The van der Waals surface area contributed by atoms with E-state index in [1.54, 1.807) is 20.0 Å². The van der Waals surface area contributed by atoms with E-state index in [-0.39, 0.29) is 0 Å². The van der Waals surface area contributed by atoms with Crippen LogP contribution >= 0.6 is 7.05 Å². The maximum atomic E-state index is 12.4. The van der Waals surface area contributed by atoms with Crippen LogP contribution in [0.5, 0.6) is 0 Å². The van der Waals surface area contributed by atoms with Gasteiger partial charge in [-0.3, -0.25) is 4.74 Å². The molecule has 3 nitrogen and oxygen atoms in total. The summed E-state index contributed by atoms with van der Waals surface area (Å²) < 4.78 is 44.8. The van der Waals surface area contributed by atoms with Crippen molar-refractivity contribution in [3.63, 3.8) is 0 Å². The van der Waals surface area contributed by atoms with E-state index in [4.69, 9.17) is 0 Å². The lowest BCUT2D eigenvalue weighted by Crippen LogP contribution is -2.12. The first-order valence-electron chi connectivity index (χ1n) is 3.98. The summed E-state index contributed by atoms with van der Waals surface area (Å²) in [6, 6.07) is 0. The van der Waals surface area contributed by atoms with Gasteiger partial charge in [-0.05, 0) is 27.0 Å². The van der Waals surface area contributed by atoms with Crippen molar-refractivity contribution in [1.29, 1.82) is 0 Å². The Bertz CT molecular complexity index is 319. The van der Waals surface area contributed by atoms with E-state index in [0.29, 0.717) is 6.08 Å². The molecule has 0 aromatic carbocycles. The zero-order chi connectivity index (χ0) is 12.3. The van der Waals surface area contributed by atoms with Crippen LogP contribution in [0.4, 0.5) is 13.2 Å².